The summed E-state index contributed by atoms with van der Waals surface area (Å²) in [5.41, 5.74) is 5.83. The number of likely N-dealkylation sites (tertiary alicyclic amines) is 1. The zero-order valence-electron chi connectivity index (χ0n) is 31.0. The molecule has 0 aromatic heterocycles. The molecular weight excluding hydrogens is 679 g/mol. The molecule has 3 rings (SSSR count). The Morgan fingerprint density at radius 1 is 0.846 bits per heavy atom. The van der Waals surface area contributed by atoms with Gasteiger partial charge in [0.1, 0.15) is 17.4 Å². The zero-order chi connectivity index (χ0) is 37.8. The van der Waals surface area contributed by atoms with Crippen LogP contribution in [0.15, 0.2) is 54.6 Å². The lowest BCUT2D eigenvalue weighted by Gasteiger charge is -2.38. The number of carbonyl (C=O) groups excluding carboxylic acids is 2. The molecule has 0 aliphatic carbocycles. The molecule has 12 heteroatoms. The van der Waals surface area contributed by atoms with Crippen LogP contribution in [0.1, 0.15) is 133 Å². The van der Waals surface area contributed by atoms with Gasteiger partial charge in [-0.15, -0.1) is 0 Å². The smallest absolute Gasteiger partial charge is 0.306 e. The van der Waals surface area contributed by atoms with Gasteiger partial charge in [0.2, 0.25) is 21.8 Å². The third-order valence-electron chi connectivity index (χ3n) is 10.0. The Labute approximate surface area is 311 Å². The molecule has 0 unspecified atom stereocenters. The molecule has 0 bridgehead atoms. The minimum absolute atomic E-state index is 0.0570. The number of amides is 2. The van der Waals surface area contributed by atoms with Crippen LogP contribution in [0.3, 0.4) is 0 Å². The number of unbranched alkanes of at least 4 members (excludes halogenated alkanes) is 13. The van der Waals surface area contributed by atoms with Gasteiger partial charge in [0.05, 0.1) is 12.2 Å². The van der Waals surface area contributed by atoms with E-state index in [0.717, 1.165) is 31.2 Å². The first-order valence-corrected chi connectivity index (χ1v) is 20.9. The average molecular weight is 740 g/mol. The summed E-state index contributed by atoms with van der Waals surface area (Å²) in [4.78, 5) is 41.6. The summed E-state index contributed by atoms with van der Waals surface area (Å²) < 4.78 is 29.4. The highest BCUT2D eigenvalue weighted by atomic mass is 32.2. The van der Waals surface area contributed by atoms with Crippen molar-refractivity contribution >= 4 is 33.6 Å². The molecule has 52 heavy (non-hydrogen) atoms. The molecule has 1 heterocycles. The molecule has 6 N–H and O–H groups in total. The molecule has 1 saturated heterocycles. The molecule has 11 nitrogen and oxygen atoms in total. The second-order valence-electron chi connectivity index (χ2n) is 14.3. The molecule has 2 atom stereocenters. The van der Waals surface area contributed by atoms with Crippen LogP contribution in [0.5, 0.6) is 0 Å². The van der Waals surface area contributed by atoms with Crippen LogP contribution in [0.25, 0.3) is 0 Å². The van der Waals surface area contributed by atoms with E-state index in [1.54, 1.807) is 48.5 Å². The van der Waals surface area contributed by atoms with Crippen LogP contribution in [0, 0.1) is 5.41 Å². The molecular formula is C40H61N5O6S. The van der Waals surface area contributed by atoms with Crippen LogP contribution in [-0.4, -0.2) is 65.9 Å². The van der Waals surface area contributed by atoms with Gasteiger partial charge in [0, 0.05) is 18.7 Å². The number of nitrogens with two attached hydrogens (primary N) is 1. The van der Waals surface area contributed by atoms with Crippen molar-refractivity contribution in [2.45, 2.75) is 141 Å². The standard InChI is InChI=1S/C40H61N5O6S/c1-2-3-4-5-6-7-8-9-10-11-12-13-14-18-28-52(50,51)44-35(29-32-20-16-15-17-21-32)38(48)45-27-19-26-40(45,30-36(46)47)39(49)43-31-33-22-24-34(25-23-33)37(41)42/h15-17,20-25,35,44H,2-14,18-19,26-31H2,1H3,(H3,41,42)(H,43,49)(H,46,47)/t35-,40-/m1/s1. The number of nitrogen functional groups attached to an aromatic ring is 1. The number of hydrogen-bond donors (Lipinski definition) is 5. The number of benzene rings is 2. The van der Waals surface area contributed by atoms with Crippen molar-refractivity contribution in [3.63, 3.8) is 0 Å². The minimum Gasteiger partial charge on any atom is -0.481 e. The predicted molar refractivity (Wildman–Crippen MR) is 206 cm³/mol. The molecule has 1 aliphatic rings. The Morgan fingerprint density at radius 3 is 1.94 bits per heavy atom. The second-order valence-corrected chi connectivity index (χ2v) is 16.1. The van der Waals surface area contributed by atoms with Crippen LogP contribution in [0.4, 0.5) is 0 Å². The molecule has 2 amide bonds. The molecule has 0 spiro atoms. The summed E-state index contributed by atoms with van der Waals surface area (Å²) >= 11 is 0. The Morgan fingerprint density at radius 2 is 1.40 bits per heavy atom. The van der Waals surface area contributed by atoms with Crippen molar-refractivity contribution in [1.82, 2.24) is 14.9 Å². The van der Waals surface area contributed by atoms with E-state index in [0.29, 0.717) is 24.0 Å². The fraction of sp³-hybridized carbons (Fsp3) is 0.600. The maximum Gasteiger partial charge on any atom is 0.306 e. The largest absolute Gasteiger partial charge is 0.481 e. The first-order chi connectivity index (χ1) is 25.0. The van der Waals surface area contributed by atoms with E-state index in [2.05, 4.69) is 17.0 Å². The summed E-state index contributed by atoms with van der Waals surface area (Å²) in [5, 5.41) is 20.3. The lowest BCUT2D eigenvalue weighted by Crippen LogP contribution is -2.62. The highest BCUT2D eigenvalue weighted by Crippen LogP contribution is 2.34. The van der Waals surface area contributed by atoms with E-state index in [1.807, 2.05) is 6.07 Å². The number of rotatable bonds is 26. The van der Waals surface area contributed by atoms with E-state index in [9.17, 15) is 27.9 Å². The van der Waals surface area contributed by atoms with Gasteiger partial charge in [-0.2, -0.15) is 0 Å². The second kappa shape index (κ2) is 22.3. The summed E-state index contributed by atoms with van der Waals surface area (Å²) in [5.74, 6) is -2.67. The molecule has 288 valence electrons. The maximum atomic E-state index is 14.3. The topological polar surface area (TPSA) is 183 Å². The molecule has 2 aromatic carbocycles. The normalized spacial score (nSPS) is 16.4. The Kier molecular flexibility index (Phi) is 18.3. The van der Waals surface area contributed by atoms with E-state index in [-0.39, 0.29) is 37.5 Å². The number of carboxylic acid groups (broad SMARTS) is 1. The van der Waals surface area contributed by atoms with Gasteiger partial charge >= 0.3 is 5.97 Å². The summed E-state index contributed by atoms with van der Waals surface area (Å²) in [6.07, 6.45) is 16.1. The fourth-order valence-electron chi connectivity index (χ4n) is 7.08. The monoisotopic (exact) mass is 739 g/mol. The van der Waals surface area contributed by atoms with Crippen LogP contribution < -0.4 is 15.8 Å². The first kappa shape index (κ1) is 42.6. The number of sulfonamides is 1. The average Bonchev–Trinajstić information content (AvgIpc) is 3.54. The van der Waals surface area contributed by atoms with Gasteiger partial charge in [-0.3, -0.25) is 19.8 Å². The number of carbonyl (C=O) groups is 3. The van der Waals surface area contributed by atoms with Crippen LogP contribution in [-0.2, 0) is 37.4 Å². The minimum atomic E-state index is -3.87. The highest BCUT2D eigenvalue weighted by Gasteiger charge is 2.52. The van der Waals surface area contributed by atoms with Crippen molar-refractivity contribution in [2.75, 3.05) is 12.3 Å². The van der Waals surface area contributed by atoms with Crippen molar-refractivity contribution in [1.29, 1.82) is 5.41 Å². The molecule has 1 fully saturated rings. The van der Waals surface area contributed by atoms with E-state index in [1.165, 1.54) is 62.7 Å². The number of nitrogens with one attached hydrogen (secondary N) is 3. The molecule has 0 radical (unpaired) electrons. The lowest BCUT2D eigenvalue weighted by atomic mass is 9.89. The van der Waals surface area contributed by atoms with Gasteiger partial charge < -0.3 is 21.1 Å². The lowest BCUT2D eigenvalue weighted by molar-refractivity contribution is -0.152. The number of carboxylic acids is 1. The summed E-state index contributed by atoms with van der Waals surface area (Å²) in [6.45, 7) is 2.43. The van der Waals surface area contributed by atoms with E-state index >= 15 is 0 Å². The Balaban J connectivity index is 1.60. The van der Waals surface area contributed by atoms with Gasteiger partial charge in [-0.05, 0) is 36.8 Å². The predicted octanol–water partition coefficient (Wildman–Crippen LogP) is 6.43. The van der Waals surface area contributed by atoms with Crippen molar-refractivity contribution < 1.29 is 27.9 Å². The number of nitrogens with zero attached hydrogens (tertiary/aromatic N) is 1. The summed E-state index contributed by atoms with van der Waals surface area (Å²) in [6, 6.07) is 14.6. The van der Waals surface area contributed by atoms with Gasteiger partial charge in [-0.1, -0.05) is 145 Å². The number of aliphatic carboxylic acids is 1. The molecule has 1 aliphatic heterocycles. The first-order valence-electron chi connectivity index (χ1n) is 19.3. The van der Waals surface area contributed by atoms with Gasteiger partial charge in [-0.25, -0.2) is 13.1 Å². The van der Waals surface area contributed by atoms with Gasteiger partial charge in [0.15, 0.2) is 0 Å². The fourth-order valence-corrected chi connectivity index (χ4v) is 8.40. The maximum absolute atomic E-state index is 14.3. The summed E-state index contributed by atoms with van der Waals surface area (Å²) in [7, 11) is -3.87. The molecule has 0 saturated carbocycles. The number of hydrogen-bond acceptors (Lipinski definition) is 6. The highest BCUT2D eigenvalue weighted by molar-refractivity contribution is 7.89. The van der Waals surface area contributed by atoms with E-state index in [4.69, 9.17) is 11.1 Å². The van der Waals surface area contributed by atoms with Crippen LogP contribution in [0.2, 0.25) is 0 Å². The third-order valence-corrected chi connectivity index (χ3v) is 11.5. The van der Waals surface area contributed by atoms with Crippen molar-refractivity contribution in [3.8, 4) is 0 Å². The SMILES string of the molecule is CCCCCCCCCCCCCCCCS(=O)(=O)N[C@H](Cc1ccccc1)C(=O)N1CCC[C@@]1(CC(=O)O)C(=O)NCc1ccc(C(=N)N)cc1. The number of amidine groups is 1. The Bertz CT molecular complexity index is 1520. The van der Waals surface area contributed by atoms with Gasteiger partial charge in [0.25, 0.3) is 0 Å². The Hall–Kier alpha value is -3.77. The quantitative estimate of drug-likeness (QED) is 0.0418. The van der Waals surface area contributed by atoms with Crippen molar-refractivity contribution in [3.05, 3.63) is 71.3 Å². The van der Waals surface area contributed by atoms with Crippen LogP contribution >= 0.6 is 0 Å². The third kappa shape index (κ3) is 14.3. The van der Waals surface area contributed by atoms with E-state index < -0.39 is 45.8 Å². The van der Waals surface area contributed by atoms with Crippen molar-refractivity contribution in [2.24, 2.45) is 5.73 Å². The molecule has 2 aromatic rings. The zero-order valence-corrected chi connectivity index (χ0v) is 31.9.